The number of carbonyl (C=O) groups excluding carboxylic acids is 2. The number of nitrogens with one attached hydrogen (secondary N) is 1. The van der Waals surface area contributed by atoms with Crippen LogP contribution in [0.2, 0.25) is 0 Å². The van der Waals surface area contributed by atoms with Crippen LogP contribution in [-0.2, 0) is 11.3 Å². The Hall–Kier alpha value is -2.76. The first-order valence-electron chi connectivity index (χ1n) is 9.93. The van der Waals surface area contributed by atoms with Crippen molar-refractivity contribution in [1.29, 1.82) is 0 Å². The fourth-order valence-electron chi connectivity index (χ4n) is 3.49. The van der Waals surface area contributed by atoms with Gasteiger partial charge in [0.05, 0.1) is 5.56 Å². The second-order valence-electron chi connectivity index (χ2n) is 7.80. The van der Waals surface area contributed by atoms with Crippen molar-refractivity contribution in [2.75, 3.05) is 18.4 Å². The van der Waals surface area contributed by atoms with Crippen molar-refractivity contribution in [2.24, 2.45) is 11.8 Å². The monoisotopic (exact) mass is 380 g/mol. The normalized spacial score (nSPS) is 16.8. The van der Waals surface area contributed by atoms with E-state index in [-0.39, 0.29) is 17.6 Å². The number of ketones is 1. The Kier molecular flexibility index (Phi) is 6.74. The molecule has 148 valence electrons. The molecule has 3 heterocycles. The van der Waals surface area contributed by atoms with Crippen LogP contribution in [0, 0.1) is 11.8 Å². The van der Waals surface area contributed by atoms with Gasteiger partial charge in [0.2, 0.25) is 0 Å². The highest BCUT2D eigenvalue weighted by Gasteiger charge is 2.29. The summed E-state index contributed by atoms with van der Waals surface area (Å²) in [5, 5.41) is 3.24. The van der Waals surface area contributed by atoms with E-state index in [0.717, 1.165) is 24.2 Å². The van der Waals surface area contributed by atoms with E-state index >= 15 is 0 Å². The summed E-state index contributed by atoms with van der Waals surface area (Å²) in [6.45, 7) is 5.98. The number of hydrogen-bond donors (Lipinski definition) is 1. The highest BCUT2D eigenvalue weighted by molar-refractivity contribution is 5.94. The lowest BCUT2D eigenvalue weighted by molar-refractivity contribution is -0.124. The lowest BCUT2D eigenvalue weighted by Crippen LogP contribution is -2.42. The smallest absolute Gasteiger partial charge is 0.255 e. The predicted molar refractivity (Wildman–Crippen MR) is 109 cm³/mol. The molecular formula is C22H28N4O2. The zero-order chi connectivity index (χ0) is 19.9. The zero-order valence-electron chi connectivity index (χ0n) is 16.6. The molecular weight excluding hydrogens is 352 g/mol. The Morgan fingerprint density at radius 3 is 2.68 bits per heavy atom. The number of aromatic nitrogens is 2. The second kappa shape index (κ2) is 9.44. The molecule has 1 amide bonds. The molecule has 1 fully saturated rings. The van der Waals surface area contributed by atoms with Crippen molar-refractivity contribution >= 4 is 17.5 Å². The number of carbonyl (C=O) groups is 2. The Morgan fingerprint density at radius 2 is 2.00 bits per heavy atom. The SMILES string of the molecule is CC(C)CC(=O)[C@H]1CCCN(C(=O)c2ccc(NCc3ccncc3)nc2)C1. The first-order valence-corrected chi connectivity index (χ1v) is 9.93. The van der Waals surface area contributed by atoms with Crippen LogP contribution in [0.15, 0.2) is 42.9 Å². The van der Waals surface area contributed by atoms with Gasteiger partial charge in [-0.15, -0.1) is 0 Å². The summed E-state index contributed by atoms with van der Waals surface area (Å²) in [5.41, 5.74) is 1.67. The Labute approximate surface area is 166 Å². The van der Waals surface area contributed by atoms with Gasteiger partial charge in [0.1, 0.15) is 11.6 Å². The Balaban J connectivity index is 1.57. The molecule has 0 unspecified atom stereocenters. The number of hydrogen-bond acceptors (Lipinski definition) is 5. The summed E-state index contributed by atoms with van der Waals surface area (Å²) in [6, 6.07) is 7.50. The molecule has 1 N–H and O–H groups in total. The minimum atomic E-state index is -0.0461. The number of amides is 1. The van der Waals surface area contributed by atoms with E-state index in [1.165, 1.54) is 0 Å². The first-order chi connectivity index (χ1) is 13.5. The van der Waals surface area contributed by atoms with E-state index in [1.54, 1.807) is 29.6 Å². The molecule has 3 rings (SSSR count). The van der Waals surface area contributed by atoms with Gasteiger partial charge in [0.25, 0.3) is 5.91 Å². The second-order valence-corrected chi connectivity index (χ2v) is 7.80. The van der Waals surface area contributed by atoms with Gasteiger partial charge < -0.3 is 10.2 Å². The van der Waals surface area contributed by atoms with Crippen LogP contribution in [-0.4, -0.2) is 39.6 Å². The average molecular weight is 380 g/mol. The van der Waals surface area contributed by atoms with Gasteiger partial charge in [0, 0.05) is 50.6 Å². The molecule has 6 nitrogen and oxygen atoms in total. The number of piperidine rings is 1. The topological polar surface area (TPSA) is 75.2 Å². The van der Waals surface area contributed by atoms with Crippen molar-refractivity contribution in [1.82, 2.24) is 14.9 Å². The third-order valence-electron chi connectivity index (χ3n) is 5.01. The standard InChI is InChI=1S/C22H28N4O2/c1-16(2)12-20(27)19-4-3-11-26(15-19)22(28)18-5-6-21(25-14-18)24-13-17-7-9-23-10-8-17/h5-10,14,16,19H,3-4,11-13,15H2,1-2H3,(H,24,25)/t19-/m0/s1. The van der Waals surface area contributed by atoms with Crippen molar-refractivity contribution < 1.29 is 9.59 Å². The highest BCUT2D eigenvalue weighted by atomic mass is 16.2. The first kappa shape index (κ1) is 20.0. The number of pyridine rings is 2. The molecule has 1 atom stereocenters. The van der Waals surface area contributed by atoms with E-state index in [1.807, 2.05) is 18.2 Å². The van der Waals surface area contributed by atoms with E-state index in [9.17, 15) is 9.59 Å². The number of Topliss-reactive ketones (excluding diaryl/α,β-unsaturated/α-hetero) is 1. The van der Waals surface area contributed by atoms with Gasteiger partial charge in [-0.2, -0.15) is 0 Å². The van der Waals surface area contributed by atoms with Gasteiger partial charge in [-0.1, -0.05) is 13.8 Å². The fourth-order valence-corrected chi connectivity index (χ4v) is 3.49. The van der Waals surface area contributed by atoms with E-state index in [2.05, 4.69) is 29.1 Å². The van der Waals surface area contributed by atoms with Gasteiger partial charge in [-0.25, -0.2) is 4.98 Å². The third kappa shape index (κ3) is 5.38. The van der Waals surface area contributed by atoms with E-state index in [0.29, 0.717) is 37.5 Å². The summed E-state index contributed by atoms with van der Waals surface area (Å²) in [7, 11) is 0. The number of nitrogens with zero attached hydrogens (tertiary/aromatic N) is 3. The van der Waals surface area contributed by atoms with Crippen LogP contribution in [0.4, 0.5) is 5.82 Å². The average Bonchev–Trinajstić information content (AvgIpc) is 2.72. The van der Waals surface area contributed by atoms with Gasteiger partial charge in [0.15, 0.2) is 0 Å². The Morgan fingerprint density at radius 1 is 1.21 bits per heavy atom. The third-order valence-corrected chi connectivity index (χ3v) is 5.01. The van der Waals surface area contributed by atoms with Crippen LogP contribution >= 0.6 is 0 Å². The molecule has 28 heavy (non-hydrogen) atoms. The van der Waals surface area contributed by atoms with Gasteiger partial charge in [-0.05, 0) is 48.6 Å². The molecule has 6 heteroatoms. The molecule has 0 saturated carbocycles. The maximum atomic E-state index is 12.8. The quantitative estimate of drug-likeness (QED) is 0.795. The van der Waals surface area contributed by atoms with Gasteiger partial charge in [-0.3, -0.25) is 14.6 Å². The van der Waals surface area contributed by atoms with E-state index < -0.39 is 0 Å². The van der Waals surface area contributed by atoms with Crippen LogP contribution in [0.3, 0.4) is 0 Å². The van der Waals surface area contributed by atoms with Crippen molar-refractivity contribution in [3.63, 3.8) is 0 Å². The fraction of sp³-hybridized carbons (Fsp3) is 0.455. The summed E-state index contributed by atoms with van der Waals surface area (Å²) in [4.78, 5) is 35.4. The summed E-state index contributed by atoms with van der Waals surface area (Å²) >= 11 is 0. The molecule has 0 bridgehead atoms. The zero-order valence-corrected chi connectivity index (χ0v) is 16.6. The van der Waals surface area contributed by atoms with Crippen molar-refractivity contribution in [3.8, 4) is 0 Å². The van der Waals surface area contributed by atoms with E-state index in [4.69, 9.17) is 0 Å². The van der Waals surface area contributed by atoms with Crippen LogP contribution in [0.5, 0.6) is 0 Å². The maximum absolute atomic E-state index is 12.8. The number of anilines is 1. The maximum Gasteiger partial charge on any atom is 0.255 e. The van der Waals surface area contributed by atoms with Crippen LogP contribution in [0.25, 0.3) is 0 Å². The van der Waals surface area contributed by atoms with Crippen molar-refractivity contribution in [2.45, 2.75) is 39.7 Å². The summed E-state index contributed by atoms with van der Waals surface area (Å²) in [6.07, 6.45) is 7.46. The molecule has 1 aliphatic rings. The molecule has 0 radical (unpaired) electrons. The predicted octanol–water partition coefficient (Wildman–Crippen LogP) is 3.56. The summed E-state index contributed by atoms with van der Waals surface area (Å²) in [5.74, 6) is 1.28. The Bertz CT molecular complexity index is 790. The van der Waals surface area contributed by atoms with Crippen LogP contribution in [0.1, 0.15) is 49.0 Å². The molecule has 2 aromatic heterocycles. The molecule has 2 aromatic rings. The van der Waals surface area contributed by atoms with Crippen molar-refractivity contribution in [3.05, 3.63) is 54.0 Å². The molecule has 1 aliphatic heterocycles. The summed E-state index contributed by atoms with van der Waals surface area (Å²) < 4.78 is 0. The highest BCUT2D eigenvalue weighted by Crippen LogP contribution is 2.22. The minimum Gasteiger partial charge on any atom is -0.366 e. The molecule has 0 aromatic carbocycles. The van der Waals surface area contributed by atoms with Gasteiger partial charge >= 0.3 is 0 Å². The molecule has 0 spiro atoms. The minimum absolute atomic E-state index is 0.0330. The largest absolute Gasteiger partial charge is 0.366 e. The number of likely N-dealkylation sites (tertiary alicyclic amines) is 1. The number of rotatable bonds is 7. The lowest BCUT2D eigenvalue weighted by atomic mass is 9.89. The molecule has 0 aliphatic carbocycles. The lowest BCUT2D eigenvalue weighted by Gasteiger charge is -2.32. The van der Waals surface area contributed by atoms with Crippen LogP contribution < -0.4 is 5.32 Å². The molecule has 1 saturated heterocycles.